The summed E-state index contributed by atoms with van der Waals surface area (Å²) in [6, 6.07) is 22.4. The number of aliphatic hydroxyl groups is 3. The number of nitrogens with one attached hydrogen (secondary N) is 2. The van der Waals surface area contributed by atoms with Crippen molar-refractivity contribution < 1.29 is 57.4 Å². The van der Waals surface area contributed by atoms with Crippen LogP contribution in [0.4, 0.5) is 8.78 Å². The Bertz CT molecular complexity index is 2090. The first kappa shape index (κ1) is 43.4. The first-order chi connectivity index (χ1) is 28.3. The molecule has 4 aromatic carbocycles. The minimum Gasteiger partial charge on any atom is -0.437 e. The largest absolute Gasteiger partial charge is 0.437 e. The summed E-state index contributed by atoms with van der Waals surface area (Å²) in [5.74, 6) is -4.46. The van der Waals surface area contributed by atoms with Crippen LogP contribution in [0.2, 0.25) is 0 Å². The second kappa shape index (κ2) is 19.7. The molecule has 0 aliphatic heterocycles. The first-order valence-electron chi connectivity index (χ1n) is 19.4. The molecule has 0 aromatic heterocycles. The second-order valence-corrected chi connectivity index (χ2v) is 15.0. The van der Waals surface area contributed by atoms with Crippen molar-refractivity contribution in [3.63, 3.8) is 0 Å². The number of nitrogens with two attached hydrogens (primary N) is 1. The van der Waals surface area contributed by atoms with Crippen molar-refractivity contribution in [3.8, 4) is 0 Å². The van der Waals surface area contributed by atoms with Crippen molar-refractivity contribution >= 4 is 17.8 Å². The van der Waals surface area contributed by atoms with E-state index in [0.29, 0.717) is 11.1 Å². The van der Waals surface area contributed by atoms with Crippen LogP contribution in [-0.4, -0.2) is 82.6 Å². The highest BCUT2D eigenvalue weighted by atomic mass is 19.1. The topological polar surface area (TPSA) is 199 Å². The van der Waals surface area contributed by atoms with Gasteiger partial charge in [0.25, 0.3) is 11.8 Å². The molecule has 0 saturated heterocycles. The molecule has 2 amide bonds. The molecule has 0 spiro atoms. The predicted molar refractivity (Wildman–Crippen MR) is 209 cm³/mol. The fourth-order valence-electron chi connectivity index (χ4n) is 7.28. The van der Waals surface area contributed by atoms with E-state index in [4.69, 9.17) is 24.7 Å². The van der Waals surface area contributed by atoms with Gasteiger partial charge in [-0.05, 0) is 40.3 Å². The summed E-state index contributed by atoms with van der Waals surface area (Å²) in [6.07, 6.45) is -9.64. The molecule has 314 valence electrons. The third-order valence-electron chi connectivity index (χ3n) is 10.7. The maximum Gasteiger partial charge on any atom is 0.325 e. The standard InChI is InChI=1S/C44H49F2N3O10/c1-24(2)35(47)44(55)59-23-58-39(41(57-22-28-14-6-10-18-32(28)46)43(54)49-37-30-16-8-4-12-26(30)20-34(37)51)38(52)40(56-21-27-13-5-9-17-31(27)45)42(53)48-36-29-15-7-3-11-25(29)19-33(36)50/h3-18,24,33-41,50-52H,19-23,47H2,1-2H3,(H,48,53)(H,49,54)/t33-,34-,35+,36+,37+,38-,39-,40-,41-/m1/s1. The molecule has 0 fully saturated rings. The average Bonchev–Trinajstić information content (AvgIpc) is 3.71. The number of esters is 1. The Morgan fingerprint density at radius 1 is 0.695 bits per heavy atom. The van der Waals surface area contributed by atoms with Crippen LogP contribution in [0.5, 0.6) is 0 Å². The zero-order valence-corrected chi connectivity index (χ0v) is 32.6. The number of amides is 2. The summed E-state index contributed by atoms with van der Waals surface area (Å²) in [6.45, 7) is 1.40. The predicted octanol–water partition coefficient (Wildman–Crippen LogP) is 3.21. The molecular formula is C44H49F2N3O10. The van der Waals surface area contributed by atoms with E-state index in [1.165, 1.54) is 36.4 Å². The highest BCUT2D eigenvalue weighted by molar-refractivity contribution is 5.84. The highest BCUT2D eigenvalue weighted by Gasteiger charge is 2.46. The molecule has 0 bridgehead atoms. The molecule has 0 radical (unpaired) electrons. The van der Waals surface area contributed by atoms with Crippen molar-refractivity contribution in [1.29, 1.82) is 0 Å². The van der Waals surface area contributed by atoms with Gasteiger partial charge in [-0.3, -0.25) is 14.4 Å². The van der Waals surface area contributed by atoms with Crippen molar-refractivity contribution in [3.05, 3.63) is 142 Å². The summed E-state index contributed by atoms with van der Waals surface area (Å²) in [5, 5.41) is 39.8. The zero-order chi connectivity index (χ0) is 42.2. The molecular weight excluding hydrogens is 768 g/mol. The van der Waals surface area contributed by atoms with Gasteiger partial charge in [0.2, 0.25) is 0 Å². The smallest absolute Gasteiger partial charge is 0.325 e. The van der Waals surface area contributed by atoms with E-state index in [1.54, 1.807) is 74.5 Å². The molecule has 59 heavy (non-hydrogen) atoms. The number of rotatable bonds is 18. The number of benzene rings is 4. The molecule has 6 rings (SSSR count). The molecule has 2 aliphatic carbocycles. The van der Waals surface area contributed by atoms with E-state index >= 15 is 0 Å². The van der Waals surface area contributed by atoms with Crippen molar-refractivity contribution in [2.45, 2.75) is 94.7 Å². The Hall–Kier alpha value is -5.13. The molecule has 7 N–H and O–H groups in total. The van der Waals surface area contributed by atoms with Gasteiger partial charge < -0.3 is 50.6 Å². The average molecular weight is 818 g/mol. The number of hydrogen-bond donors (Lipinski definition) is 6. The number of ether oxygens (including phenoxy) is 4. The lowest BCUT2D eigenvalue weighted by atomic mass is 9.99. The van der Waals surface area contributed by atoms with E-state index in [1.807, 2.05) is 0 Å². The highest BCUT2D eigenvalue weighted by Crippen LogP contribution is 2.33. The van der Waals surface area contributed by atoms with Crippen molar-refractivity contribution in [1.82, 2.24) is 10.6 Å². The maximum atomic E-state index is 14.9. The number of carbonyl (C=O) groups excluding carboxylic acids is 3. The third-order valence-corrected chi connectivity index (χ3v) is 10.7. The van der Waals surface area contributed by atoms with Gasteiger partial charge in [-0.15, -0.1) is 0 Å². The van der Waals surface area contributed by atoms with Crippen LogP contribution >= 0.6 is 0 Å². The monoisotopic (exact) mass is 817 g/mol. The molecule has 0 saturated carbocycles. The van der Waals surface area contributed by atoms with Crippen LogP contribution in [0.25, 0.3) is 0 Å². The first-order valence-corrected chi connectivity index (χ1v) is 19.4. The van der Waals surface area contributed by atoms with Crippen LogP contribution in [0, 0.1) is 17.6 Å². The van der Waals surface area contributed by atoms with Gasteiger partial charge in [0.1, 0.15) is 29.9 Å². The maximum absolute atomic E-state index is 14.9. The Labute approximate surface area is 340 Å². The fraction of sp³-hybridized carbons (Fsp3) is 0.386. The van der Waals surface area contributed by atoms with Gasteiger partial charge >= 0.3 is 5.97 Å². The minimum atomic E-state index is -2.16. The molecule has 2 aliphatic rings. The number of carbonyl (C=O) groups is 3. The number of fused-ring (bicyclic) bond motifs is 2. The lowest BCUT2D eigenvalue weighted by Crippen LogP contribution is -2.58. The molecule has 9 atom stereocenters. The Morgan fingerprint density at radius 2 is 1.14 bits per heavy atom. The van der Waals surface area contributed by atoms with Crippen LogP contribution in [-0.2, 0) is 59.4 Å². The zero-order valence-electron chi connectivity index (χ0n) is 32.6. The van der Waals surface area contributed by atoms with E-state index in [9.17, 15) is 38.5 Å². The van der Waals surface area contributed by atoms with Gasteiger partial charge in [-0.25, -0.2) is 8.78 Å². The van der Waals surface area contributed by atoms with Gasteiger partial charge in [0, 0.05) is 24.0 Å². The summed E-state index contributed by atoms with van der Waals surface area (Å²) >= 11 is 0. The minimum absolute atomic E-state index is 0.0248. The Morgan fingerprint density at radius 3 is 1.63 bits per heavy atom. The van der Waals surface area contributed by atoms with E-state index in [0.717, 1.165) is 11.1 Å². The van der Waals surface area contributed by atoms with E-state index in [-0.39, 0.29) is 29.9 Å². The van der Waals surface area contributed by atoms with Crippen molar-refractivity contribution in [2.75, 3.05) is 6.79 Å². The molecule has 4 aromatic rings. The van der Waals surface area contributed by atoms with Gasteiger partial charge in [0.05, 0.1) is 37.5 Å². The summed E-state index contributed by atoms with van der Waals surface area (Å²) < 4.78 is 53.1. The molecule has 0 heterocycles. The lowest BCUT2D eigenvalue weighted by Gasteiger charge is -2.35. The molecule has 0 unspecified atom stereocenters. The molecule has 15 heteroatoms. The van der Waals surface area contributed by atoms with E-state index in [2.05, 4.69) is 10.6 Å². The second-order valence-electron chi connectivity index (χ2n) is 15.0. The normalized spacial score (nSPS) is 20.8. The summed E-state index contributed by atoms with van der Waals surface area (Å²) in [4.78, 5) is 41.7. The van der Waals surface area contributed by atoms with Crippen LogP contribution in [0.3, 0.4) is 0 Å². The Kier molecular flexibility index (Phi) is 14.5. The summed E-state index contributed by atoms with van der Waals surface area (Å²) in [5.41, 5.74) is 8.84. The SMILES string of the molecule is CC(C)[C@H](N)C(=O)OCO[C@H]([C@@H](O)[C@@H](OCc1ccccc1F)C(=O)N[C@H]1c2ccccc2C[C@H]1O)[C@@H](OCc1ccccc1F)C(=O)N[C@H]1c2ccccc2C[C@H]1O. The quantitative estimate of drug-likeness (QED) is 0.0637. The third kappa shape index (κ3) is 10.4. The number of halogens is 2. The van der Waals surface area contributed by atoms with Gasteiger partial charge in [-0.2, -0.15) is 0 Å². The number of hydrogen-bond acceptors (Lipinski definition) is 11. The van der Waals surface area contributed by atoms with Crippen molar-refractivity contribution in [2.24, 2.45) is 11.7 Å². The summed E-state index contributed by atoms with van der Waals surface area (Å²) in [7, 11) is 0. The van der Waals surface area contributed by atoms with Crippen LogP contribution in [0.15, 0.2) is 97.1 Å². The lowest BCUT2D eigenvalue weighted by molar-refractivity contribution is -0.205. The van der Waals surface area contributed by atoms with Gasteiger partial charge in [-0.1, -0.05) is 98.8 Å². The van der Waals surface area contributed by atoms with Crippen LogP contribution in [0.1, 0.15) is 59.3 Å². The molecule has 13 nitrogen and oxygen atoms in total. The van der Waals surface area contributed by atoms with E-state index < -0.39 is 104 Å². The van der Waals surface area contributed by atoms with Gasteiger partial charge in [0.15, 0.2) is 19.0 Å². The number of aliphatic hydroxyl groups excluding tert-OH is 3. The Balaban J connectivity index is 1.37. The fourth-order valence-corrected chi connectivity index (χ4v) is 7.28. The van der Waals surface area contributed by atoms with Crippen LogP contribution < -0.4 is 16.4 Å².